The van der Waals surface area contributed by atoms with Gasteiger partial charge in [-0.3, -0.25) is 4.68 Å². The van der Waals surface area contributed by atoms with Gasteiger partial charge in [0.15, 0.2) is 11.5 Å². The molecule has 0 fully saturated rings. The Morgan fingerprint density at radius 2 is 1.81 bits per heavy atom. The van der Waals surface area contributed by atoms with Crippen molar-refractivity contribution in [2.75, 3.05) is 14.2 Å². The summed E-state index contributed by atoms with van der Waals surface area (Å²) in [6, 6.07) is 5.91. The number of benzene rings is 1. The summed E-state index contributed by atoms with van der Waals surface area (Å²) < 4.78 is 12.4. The lowest BCUT2D eigenvalue weighted by Crippen LogP contribution is -2.40. The van der Waals surface area contributed by atoms with Gasteiger partial charge in [0.05, 0.1) is 20.4 Å². The fraction of sp³-hybridized carbons (Fsp3) is 0.438. The minimum Gasteiger partial charge on any atom is -0.493 e. The number of hydrogen-bond donors (Lipinski definition) is 1. The maximum atomic E-state index is 6.44. The average Bonchev–Trinajstić information content (AvgIpc) is 2.82. The Labute approximate surface area is 125 Å². The van der Waals surface area contributed by atoms with Crippen molar-refractivity contribution in [1.82, 2.24) is 9.78 Å². The molecule has 1 atom stereocenters. The van der Waals surface area contributed by atoms with Crippen molar-refractivity contribution >= 4 is 0 Å². The highest BCUT2D eigenvalue weighted by molar-refractivity contribution is 5.43. The van der Waals surface area contributed by atoms with E-state index in [9.17, 15) is 0 Å². The number of aryl methyl sites for hydroxylation is 1. The van der Waals surface area contributed by atoms with Crippen LogP contribution in [0.1, 0.15) is 18.1 Å². The maximum absolute atomic E-state index is 6.44. The second-order valence-corrected chi connectivity index (χ2v) is 5.72. The van der Waals surface area contributed by atoms with Crippen LogP contribution in [0.5, 0.6) is 11.5 Å². The molecule has 2 aromatic rings. The molecule has 5 nitrogen and oxygen atoms in total. The molecule has 1 aromatic heterocycles. The summed E-state index contributed by atoms with van der Waals surface area (Å²) in [5, 5.41) is 4.18. The van der Waals surface area contributed by atoms with Gasteiger partial charge in [-0.1, -0.05) is 6.07 Å². The molecule has 0 aliphatic carbocycles. The zero-order valence-electron chi connectivity index (χ0n) is 13.1. The monoisotopic (exact) mass is 289 g/mol. The van der Waals surface area contributed by atoms with Gasteiger partial charge in [-0.05, 0) is 43.0 Å². The first kappa shape index (κ1) is 15.4. The molecule has 0 saturated heterocycles. The Balaban J connectivity index is 2.12. The SMILES string of the molecule is COc1ccc(CC(C)(N)Cc2cnn(C)c2)cc1OC. The van der Waals surface area contributed by atoms with Gasteiger partial charge in [0.2, 0.25) is 0 Å². The van der Waals surface area contributed by atoms with Crippen LogP contribution in [0.2, 0.25) is 0 Å². The van der Waals surface area contributed by atoms with Gasteiger partial charge >= 0.3 is 0 Å². The standard InChI is InChI=1S/C16H23N3O2/c1-16(17,9-13-10-18-19(2)11-13)8-12-5-6-14(20-3)15(7-12)21-4/h5-7,10-11H,8-9,17H2,1-4H3. The zero-order chi connectivity index (χ0) is 15.5. The lowest BCUT2D eigenvalue weighted by Gasteiger charge is -2.24. The molecule has 0 radical (unpaired) electrons. The van der Waals surface area contributed by atoms with Crippen LogP contribution in [0.25, 0.3) is 0 Å². The third kappa shape index (κ3) is 3.98. The normalized spacial score (nSPS) is 13.8. The fourth-order valence-corrected chi connectivity index (χ4v) is 2.55. The number of methoxy groups -OCH3 is 2. The van der Waals surface area contributed by atoms with Gasteiger partial charge in [-0.15, -0.1) is 0 Å². The minimum atomic E-state index is -0.345. The quantitative estimate of drug-likeness (QED) is 0.883. The smallest absolute Gasteiger partial charge is 0.160 e. The molecule has 21 heavy (non-hydrogen) atoms. The highest BCUT2D eigenvalue weighted by atomic mass is 16.5. The lowest BCUT2D eigenvalue weighted by molar-refractivity contribution is 0.354. The largest absolute Gasteiger partial charge is 0.493 e. The molecular formula is C16H23N3O2. The predicted octanol–water partition coefficient (Wildman–Crippen LogP) is 1.94. The summed E-state index contributed by atoms with van der Waals surface area (Å²) in [5.74, 6) is 1.46. The summed E-state index contributed by atoms with van der Waals surface area (Å²) in [6.45, 7) is 2.05. The van der Waals surface area contributed by atoms with Crippen molar-refractivity contribution in [1.29, 1.82) is 0 Å². The van der Waals surface area contributed by atoms with Gasteiger partial charge in [0.1, 0.15) is 0 Å². The molecule has 0 spiro atoms. The molecule has 114 valence electrons. The van der Waals surface area contributed by atoms with Gasteiger partial charge in [-0.2, -0.15) is 5.10 Å². The van der Waals surface area contributed by atoms with E-state index in [1.807, 2.05) is 37.6 Å². The highest BCUT2D eigenvalue weighted by Gasteiger charge is 2.21. The van der Waals surface area contributed by atoms with E-state index in [0.717, 1.165) is 35.5 Å². The van der Waals surface area contributed by atoms with E-state index < -0.39 is 0 Å². The first-order valence-electron chi connectivity index (χ1n) is 6.91. The molecule has 5 heteroatoms. The van der Waals surface area contributed by atoms with Crippen molar-refractivity contribution in [2.45, 2.75) is 25.3 Å². The van der Waals surface area contributed by atoms with Crippen LogP contribution in [0.15, 0.2) is 30.6 Å². The van der Waals surface area contributed by atoms with Gasteiger partial charge in [-0.25, -0.2) is 0 Å². The average molecular weight is 289 g/mol. The molecule has 0 saturated carbocycles. The van der Waals surface area contributed by atoms with Crippen molar-refractivity contribution in [2.24, 2.45) is 12.8 Å². The van der Waals surface area contributed by atoms with E-state index in [2.05, 4.69) is 12.0 Å². The number of hydrogen-bond acceptors (Lipinski definition) is 4. The van der Waals surface area contributed by atoms with E-state index in [0.29, 0.717) is 0 Å². The summed E-state index contributed by atoms with van der Waals surface area (Å²) in [4.78, 5) is 0. The Morgan fingerprint density at radius 1 is 1.14 bits per heavy atom. The molecule has 0 amide bonds. The number of rotatable bonds is 6. The molecular weight excluding hydrogens is 266 g/mol. The molecule has 1 aromatic carbocycles. The lowest BCUT2D eigenvalue weighted by atomic mass is 9.88. The van der Waals surface area contributed by atoms with Crippen LogP contribution in [0.4, 0.5) is 0 Å². The molecule has 1 unspecified atom stereocenters. The first-order chi connectivity index (χ1) is 9.93. The van der Waals surface area contributed by atoms with Crippen LogP contribution < -0.4 is 15.2 Å². The van der Waals surface area contributed by atoms with Crippen molar-refractivity contribution in [3.63, 3.8) is 0 Å². The van der Waals surface area contributed by atoms with Gasteiger partial charge in [0, 0.05) is 18.8 Å². The number of nitrogens with zero attached hydrogens (tertiary/aromatic N) is 2. The van der Waals surface area contributed by atoms with Gasteiger partial charge in [0.25, 0.3) is 0 Å². The molecule has 2 N–H and O–H groups in total. The third-order valence-corrected chi connectivity index (χ3v) is 3.42. The summed E-state index contributed by atoms with van der Waals surface area (Å²) in [5.41, 5.74) is 8.37. The molecule has 0 aliphatic heterocycles. The van der Waals surface area contributed by atoms with Crippen molar-refractivity contribution in [3.8, 4) is 11.5 Å². The molecule has 1 heterocycles. The topological polar surface area (TPSA) is 62.3 Å². The van der Waals surface area contributed by atoms with E-state index in [1.54, 1.807) is 18.9 Å². The molecule has 2 rings (SSSR count). The second-order valence-electron chi connectivity index (χ2n) is 5.72. The number of ether oxygens (including phenoxy) is 2. The Kier molecular flexibility index (Phi) is 4.53. The summed E-state index contributed by atoms with van der Waals surface area (Å²) in [7, 11) is 5.18. The second kappa shape index (κ2) is 6.18. The number of aromatic nitrogens is 2. The minimum absolute atomic E-state index is 0.345. The summed E-state index contributed by atoms with van der Waals surface area (Å²) >= 11 is 0. The van der Waals surface area contributed by atoms with E-state index in [-0.39, 0.29) is 5.54 Å². The van der Waals surface area contributed by atoms with E-state index in [1.165, 1.54) is 0 Å². The maximum Gasteiger partial charge on any atom is 0.160 e. The Bertz CT molecular complexity index is 605. The zero-order valence-corrected chi connectivity index (χ0v) is 13.1. The van der Waals surface area contributed by atoms with Crippen LogP contribution in [-0.4, -0.2) is 29.5 Å². The van der Waals surface area contributed by atoms with Crippen LogP contribution in [0.3, 0.4) is 0 Å². The Morgan fingerprint density at radius 3 is 2.38 bits per heavy atom. The van der Waals surface area contributed by atoms with Crippen LogP contribution >= 0.6 is 0 Å². The third-order valence-electron chi connectivity index (χ3n) is 3.42. The van der Waals surface area contributed by atoms with Gasteiger partial charge < -0.3 is 15.2 Å². The van der Waals surface area contributed by atoms with Crippen LogP contribution in [0, 0.1) is 0 Å². The van der Waals surface area contributed by atoms with Crippen molar-refractivity contribution in [3.05, 3.63) is 41.7 Å². The highest BCUT2D eigenvalue weighted by Crippen LogP contribution is 2.29. The Hall–Kier alpha value is -2.01. The van der Waals surface area contributed by atoms with Crippen LogP contribution in [-0.2, 0) is 19.9 Å². The molecule has 0 bridgehead atoms. The number of nitrogens with two attached hydrogens (primary N) is 1. The van der Waals surface area contributed by atoms with E-state index in [4.69, 9.17) is 15.2 Å². The fourth-order valence-electron chi connectivity index (χ4n) is 2.55. The predicted molar refractivity (Wildman–Crippen MR) is 82.8 cm³/mol. The summed E-state index contributed by atoms with van der Waals surface area (Å²) in [6.07, 6.45) is 5.39. The first-order valence-corrected chi connectivity index (χ1v) is 6.91. The van der Waals surface area contributed by atoms with Crippen molar-refractivity contribution < 1.29 is 9.47 Å². The molecule has 0 aliphatic rings. The van der Waals surface area contributed by atoms with E-state index >= 15 is 0 Å².